The van der Waals surface area contributed by atoms with Gasteiger partial charge in [-0.25, -0.2) is 23.9 Å². The largest absolute Gasteiger partial charge is 0.453 e. The van der Waals surface area contributed by atoms with Gasteiger partial charge in [0, 0.05) is 29.6 Å². The highest BCUT2D eigenvalue weighted by atomic mass is 19.1. The number of aromatic amines is 1. The lowest BCUT2D eigenvalue weighted by Crippen LogP contribution is -2.11. The SMILES string of the molecule is COC(=O)Nc1cc(-c2cn(-c3ccc(=O)[nH]n3)nc2-c2ccc(F)cc2)ccn1. The Morgan fingerprint density at radius 2 is 1.93 bits per heavy atom. The number of anilines is 1. The molecule has 150 valence electrons. The van der Waals surface area contributed by atoms with Gasteiger partial charge in [-0.3, -0.25) is 10.1 Å². The van der Waals surface area contributed by atoms with Crippen LogP contribution in [0.25, 0.3) is 28.2 Å². The van der Waals surface area contributed by atoms with Gasteiger partial charge in [-0.15, -0.1) is 0 Å². The molecule has 0 aliphatic rings. The van der Waals surface area contributed by atoms with Crippen LogP contribution in [0.5, 0.6) is 0 Å². The molecule has 0 aliphatic carbocycles. The molecule has 0 saturated carbocycles. The van der Waals surface area contributed by atoms with Gasteiger partial charge in [0.1, 0.15) is 17.3 Å². The van der Waals surface area contributed by atoms with E-state index in [0.717, 1.165) is 0 Å². The quantitative estimate of drug-likeness (QED) is 0.538. The van der Waals surface area contributed by atoms with Crippen LogP contribution in [0.2, 0.25) is 0 Å². The number of benzene rings is 1. The van der Waals surface area contributed by atoms with Crippen molar-refractivity contribution in [1.29, 1.82) is 0 Å². The third-order valence-electron chi connectivity index (χ3n) is 4.22. The molecule has 3 aromatic heterocycles. The summed E-state index contributed by atoms with van der Waals surface area (Å²) in [5.74, 6) is 0.320. The van der Waals surface area contributed by atoms with Gasteiger partial charge >= 0.3 is 6.09 Å². The monoisotopic (exact) mass is 406 g/mol. The van der Waals surface area contributed by atoms with Crippen molar-refractivity contribution in [3.8, 4) is 28.2 Å². The summed E-state index contributed by atoms with van der Waals surface area (Å²) in [6, 6.07) is 12.2. The molecule has 2 N–H and O–H groups in total. The van der Waals surface area contributed by atoms with Crippen molar-refractivity contribution in [2.75, 3.05) is 12.4 Å². The number of carbonyl (C=O) groups is 1. The number of methoxy groups -OCH3 is 1. The normalized spacial score (nSPS) is 10.6. The van der Waals surface area contributed by atoms with E-state index in [2.05, 4.69) is 30.3 Å². The van der Waals surface area contributed by atoms with Gasteiger partial charge in [0.15, 0.2) is 5.82 Å². The molecule has 0 bridgehead atoms. The highest BCUT2D eigenvalue weighted by Gasteiger charge is 2.16. The number of hydrogen-bond donors (Lipinski definition) is 2. The van der Waals surface area contributed by atoms with Crippen LogP contribution in [-0.2, 0) is 4.74 Å². The van der Waals surface area contributed by atoms with Crippen LogP contribution in [0.1, 0.15) is 0 Å². The molecule has 0 unspecified atom stereocenters. The zero-order chi connectivity index (χ0) is 21.1. The van der Waals surface area contributed by atoms with Gasteiger partial charge in [0.05, 0.1) is 7.11 Å². The predicted octanol–water partition coefficient (Wildman–Crippen LogP) is 3.00. The Hall–Kier alpha value is -4.34. The molecule has 4 rings (SSSR count). The van der Waals surface area contributed by atoms with Crippen LogP contribution in [0.4, 0.5) is 15.0 Å². The molecule has 0 saturated heterocycles. The summed E-state index contributed by atoms with van der Waals surface area (Å²) in [6.07, 6.45) is 2.60. The molecule has 0 radical (unpaired) electrons. The van der Waals surface area contributed by atoms with Gasteiger partial charge in [0.2, 0.25) is 0 Å². The number of aromatic nitrogens is 5. The van der Waals surface area contributed by atoms with Crippen molar-refractivity contribution in [1.82, 2.24) is 25.0 Å². The van der Waals surface area contributed by atoms with Crippen molar-refractivity contribution in [3.63, 3.8) is 0 Å². The Labute approximate surface area is 169 Å². The van der Waals surface area contributed by atoms with E-state index >= 15 is 0 Å². The zero-order valence-electron chi connectivity index (χ0n) is 15.7. The highest BCUT2D eigenvalue weighted by Crippen LogP contribution is 2.32. The van der Waals surface area contributed by atoms with E-state index in [1.165, 1.54) is 42.3 Å². The fraction of sp³-hybridized carbons (Fsp3) is 0.0500. The molecular formula is C20H15FN6O3. The first-order valence-electron chi connectivity index (χ1n) is 8.76. The van der Waals surface area contributed by atoms with E-state index in [-0.39, 0.29) is 11.4 Å². The van der Waals surface area contributed by atoms with Crippen molar-refractivity contribution in [2.45, 2.75) is 0 Å². The number of hydrogen-bond acceptors (Lipinski definition) is 6. The molecule has 3 heterocycles. The summed E-state index contributed by atoms with van der Waals surface area (Å²) in [5.41, 5.74) is 2.28. The maximum Gasteiger partial charge on any atom is 0.412 e. The lowest BCUT2D eigenvalue weighted by atomic mass is 10.0. The number of rotatable bonds is 4. The lowest BCUT2D eigenvalue weighted by molar-refractivity contribution is 0.187. The van der Waals surface area contributed by atoms with Crippen LogP contribution >= 0.6 is 0 Å². The maximum atomic E-state index is 13.4. The molecule has 1 aromatic carbocycles. The first kappa shape index (κ1) is 19.0. The maximum absolute atomic E-state index is 13.4. The Bertz CT molecular complexity index is 1250. The van der Waals surface area contributed by atoms with Gasteiger partial charge in [-0.1, -0.05) is 0 Å². The Balaban J connectivity index is 1.84. The lowest BCUT2D eigenvalue weighted by Gasteiger charge is -2.06. The molecule has 30 heavy (non-hydrogen) atoms. The average Bonchev–Trinajstić information content (AvgIpc) is 3.20. The molecule has 0 fully saturated rings. The van der Waals surface area contributed by atoms with Crippen LogP contribution in [-0.4, -0.2) is 38.2 Å². The second-order valence-corrected chi connectivity index (χ2v) is 6.17. The summed E-state index contributed by atoms with van der Waals surface area (Å²) >= 11 is 0. The Kier molecular flexibility index (Phi) is 5.04. The molecule has 4 aromatic rings. The number of H-pyrrole nitrogens is 1. The number of nitrogens with zero attached hydrogens (tertiary/aromatic N) is 4. The number of amides is 1. The van der Waals surface area contributed by atoms with Gasteiger partial charge in [-0.2, -0.15) is 10.2 Å². The first-order valence-corrected chi connectivity index (χ1v) is 8.76. The van der Waals surface area contributed by atoms with Crippen LogP contribution in [0, 0.1) is 5.82 Å². The standard InChI is InChI=1S/C20H15FN6O3/c1-30-20(29)23-16-10-13(8-9-22-16)15-11-27(17-6-7-18(28)25-24-17)26-19(15)12-2-4-14(21)5-3-12/h2-11H,1H3,(H,25,28)(H,22,23,29). The highest BCUT2D eigenvalue weighted by molar-refractivity contribution is 5.86. The fourth-order valence-electron chi connectivity index (χ4n) is 2.81. The van der Waals surface area contributed by atoms with Crippen molar-refractivity contribution in [2.24, 2.45) is 0 Å². The average molecular weight is 406 g/mol. The van der Waals surface area contributed by atoms with E-state index in [1.54, 1.807) is 30.5 Å². The van der Waals surface area contributed by atoms with Crippen molar-refractivity contribution in [3.05, 3.63) is 77.1 Å². The third-order valence-corrected chi connectivity index (χ3v) is 4.22. The zero-order valence-corrected chi connectivity index (χ0v) is 15.7. The third kappa shape index (κ3) is 3.92. The second kappa shape index (κ2) is 7.95. The van der Waals surface area contributed by atoms with E-state index in [1.807, 2.05) is 0 Å². The van der Waals surface area contributed by atoms with Crippen LogP contribution < -0.4 is 10.9 Å². The molecule has 0 atom stereocenters. The first-order chi connectivity index (χ1) is 14.5. The van der Waals surface area contributed by atoms with E-state index in [9.17, 15) is 14.0 Å². The number of carbonyl (C=O) groups excluding carboxylic acids is 1. The van der Waals surface area contributed by atoms with Gasteiger partial charge in [0.25, 0.3) is 5.56 Å². The van der Waals surface area contributed by atoms with E-state index in [0.29, 0.717) is 34.0 Å². The van der Waals surface area contributed by atoms with Crippen molar-refractivity contribution < 1.29 is 13.9 Å². The topological polar surface area (TPSA) is 115 Å². The van der Waals surface area contributed by atoms with Crippen LogP contribution in [0.3, 0.4) is 0 Å². The molecule has 1 amide bonds. The minimum absolute atomic E-state index is 0.291. The summed E-state index contributed by atoms with van der Waals surface area (Å²) < 4.78 is 19.5. The Morgan fingerprint density at radius 1 is 1.13 bits per heavy atom. The molecule has 10 heteroatoms. The molecule has 0 spiro atoms. The molecule has 9 nitrogen and oxygen atoms in total. The summed E-state index contributed by atoms with van der Waals surface area (Å²) in [7, 11) is 1.26. The summed E-state index contributed by atoms with van der Waals surface area (Å²) in [4.78, 5) is 26.9. The molecular weight excluding hydrogens is 391 g/mol. The molecule has 0 aliphatic heterocycles. The number of pyridine rings is 1. The summed E-state index contributed by atoms with van der Waals surface area (Å²) in [6.45, 7) is 0. The van der Waals surface area contributed by atoms with Crippen molar-refractivity contribution >= 4 is 11.9 Å². The number of nitrogens with one attached hydrogen (secondary N) is 2. The number of ether oxygens (including phenoxy) is 1. The van der Waals surface area contributed by atoms with Crippen LogP contribution in [0.15, 0.2) is 65.7 Å². The fourth-order valence-corrected chi connectivity index (χ4v) is 2.81. The smallest absolute Gasteiger partial charge is 0.412 e. The second-order valence-electron chi connectivity index (χ2n) is 6.17. The van der Waals surface area contributed by atoms with E-state index < -0.39 is 6.09 Å². The van der Waals surface area contributed by atoms with Gasteiger partial charge < -0.3 is 4.74 Å². The Morgan fingerprint density at radius 3 is 2.63 bits per heavy atom. The summed E-state index contributed by atoms with van der Waals surface area (Å²) in [5, 5.41) is 13.4. The van der Waals surface area contributed by atoms with Gasteiger partial charge in [-0.05, 0) is 48.0 Å². The minimum atomic E-state index is -0.647. The number of halogens is 1. The van der Waals surface area contributed by atoms with E-state index in [4.69, 9.17) is 0 Å². The minimum Gasteiger partial charge on any atom is -0.453 e. The predicted molar refractivity (Wildman–Crippen MR) is 107 cm³/mol.